The molecule has 0 aliphatic rings. The van der Waals surface area contributed by atoms with E-state index in [2.05, 4.69) is 44.3 Å². The van der Waals surface area contributed by atoms with Crippen molar-refractivity contribution < 1.29 is 4.39 Å². The Hall–Kier alpha value is -2.69. The molecule has 0 unspecified atom stereocenters. The zero-order valence-corrected chi connectivity index (χ0v) is 18.6. The van der Waals surface area contributed by atoms with Gasteiger partial charge >= 0.3 is 0 Å². The Balaban J connectivity index is 1.87. The highest BCUT2D eigenvalue weighted by Crippen LogP contribution is 2.40. The summed E-state index contributed by atoms with van der Waals surface area (Å²) >= 11 is 5.00. The number of hydrogen-bond acceptors (Lipinski definition) is 4. The highest BCUT2D eigenvalue weighted by atomic mass is 79.9. The van der Waals surface area contributed by atoms with Gasteiger partial charge in [-0.25, -0.2) is 9.37 Å². The molecular weight excluding hydrogens is 451 g/mol. The van der Waals surface area contributed by atoms with Crippen molar-refractivity contribution in [1.29, 1.82) is 5.26 Å². The van der Waals surface area contributed by atoms with E-state index < -0.39 is 0 Å². The van der Waals surface area contributed by atoms with Crippen LogP contribution in [0.4, 0.5) is 15.2 Å². The maximum absolute atomic E-state index is 13.3. The van der Waals surface area contributed by atoms with E-state index in [1.165, 1.54) is 23.5 Å². The summed E-state index contributed by atoms with van der Waals surface area (Å²) in [5.41, 5.74) is 4.63. The van der Waals surface area contributed by atoms with Crippen LogP contribution in [0.5, 0.6) is 0 Å². The quantitative estimate of drug-likeness (QED) is 0.344. The summed E-state index contributed by atoms with van der Waals surface area (Å²) in [4.78, 5) is 7.51. The van der Waals surface area contributed by atoms with Gasteiger partial charge in [0.25, 0.3) is 0 Å². The smallest absolute Gasteiger partial charge is 0.141 e. The summed E-state index contributed by atoms with van der Waals surface area (Å²) in [6.45, 7) is 4.13. The van der Waals surface area contributed by atoms with E-state index in [0.717, 1.165) is 49.7 Å². The minimum atomic E-state index is -0.293. The van der Waals surface area contributed by atoms with E-state index in [1.807, 2.05) is 26.2 Å². The molecule has 4 nitrogen and oxygen atoms in total. The molecule has 0 saturated heterocycles. The highest BCUT2D eigenvalue weighted by Gasteiger charge is 2.21. The Kier molecular flexibility index (Phi) is 5.15. The predicted molar refractivity (Wildman–Crippen MR) is 119 cm³/mol. The van der Waals surface area contributed by atoms with Crippen LogP contribution in [0.15, 0.2) is 47.1 Å². The van der Waals surface area contributed by atoms with Crippen molar-refractivity contribution in [1.82, 2.24) is 9.38 Å². The predicted octanol–water partition coefficient (Wildman–Crippen LogP) is 6.47. The number of rotatable bonds is 4. The van der Waals surface area contributed by atoms with Crippen molar-refractivity contribution in [3.63, 3.8) is 0 Å². The van der Waals surface area contributed by atoms with Crippen LogP contribution in [-0.2, 0) is 6.42 Å². The Morgan fingerprint density at radius 2 is 2.00 bits per heavy atom. The lowest BCUT2D eigenvalue weighted by Gasteiger charge is -2.18. The zero-order valence-electron chi connectivity index (χ0n) is 16.2. The van der Waals surface area contributed by atoms with Crippen LogP contribution in [-0.4, -0.2) is 16.4 Å². The molecule has 0 atom stereocenters. The minimum absolute atomic E-state index is 0.293. The summed E-state index contributed by atoms with van der Waals surface area (Å²) in [6.07, 6.45) is 2.81. The molecule has 1 aromatic carbocycles. The van der Waals surface area contributed by atoms with E-state index in [9.17, 15) is 9.65 Å². The fourth-order valence-corrected chi connectivity index (χ4v) is 4.96. The number of thiophene rings is 1. The molecule has 4 rings (SSSR count). The first-order valence-corrected chi connectivity index (χ1v) is 10.7. The standard InChI is InChI=1S/C22H18BrFN4S/c1-4-18-22(28-12-15(23)9-13(2)21(28)26-18)27(3)20-10-17(19(11-25)29-20)14-5-7-16(24)8-6-14/h5-10,12H,4H2,1-3H3. The monoisotopic (exact) mass is 468 g/mol. The van der Waals surface area contributed by atoms with Crippen LogP contribution in [0.1, 0.15) is 23.1 Å². The average molecular weight is 469 g/mol. The maximum Gasteiger partial charge on any atom is 0.141 e. The molecule has 29 heavy (non-hydrogen) atoms. The molecule has 0 aliphatic heterocycles. The van der Waals surface area contributed by atoms with Crippen LogP contribution in [0, 0.1) is 24.1 Å². The third kappa shape index (κ3) is 3.43. The first-order chi connectivity index (χ1) is 13.9. The molecule has 3 aromatic heterocycles. The van der Waals surface area contributed by atoms with Crippen molar-refractivity contribution in [3.05, 3.63) is 69.0 Å². The van der Waals surface area contributed by atoms with Crippen molar-refractivity contribution in [2.45, 2.75) is 20.3 Å². The lowest BCUT2D eigenvalue weighted by molar-refractivity contribution is 0.628. The van der Waals surface area contributed by atoms with Crippen LogP contribution >= 0.6 is 27.3 Å². The number of nitrogens with zero attached hydrogens (tertiary/aromatic N) is 4. The number of imidazole rings is 1. The zero-order chi connectivity index (χ0) is 20.7. The molecule has 7 heteroatoms. The lowest BCUT2D eigenvalue weighted by Crippen LogP contribution is -2.12. The average Bonchev–Trinajstić information content (AvgIpc) is 3.29. The van der Waals surface area contributed by atoms with Gasteiger partial charge in [-0.05, 0) is 64.7 Å². The van der Waals surface area contributed by atoms with E-state index in [-0.39, 0.29) is 5.82 Å². The minimum Gasteiger partial charge on any atom is -0.321 e. The first-order valence-electron chi connectivity index (χ1n) is 9.13. The van der Waals surface area contributed by atoms with Gasteiger partial charge in [0.05, 0.1) is 10.7 Å². The second-order valence-corrected chi connectivity index (χ2v) is 8.72. The molecule has 0 N–H and O–H groups in total. The Bertz CT molecular complexity index is 1250. The van der Waals surface area contributed by atoms with Crippen LogP contribution in [0.25, 0.3) is 16.8 Å². The number of nitriles is 1. The molecule has 0 bridgehead atoms. The van der Waals surface area contributed by atoms with Gasteiger partial charge in [-0.1, -0.05) is 19.1 Å². The topological polar surface area (TPSA) is 44.3 Å². The van der Waals surface area contributed by atoms with Crippen LogP contribution in [0.2, 0.25) is 0 Å². The number of hydrogen-bond donors (Lipinski definition) is 0. The molecule has 3 heterocycles. The second kappa shape index (κ2) is 7.62. The van der Waals surface area contributed by atoms with Crippen molar-refractivity contribution in [2.24, 2.45) is 0 Å². The Labute approximate surface area is 181 Å². The van der Waals surface area contributed by atoms with Gasteiger partial charge in [-0.2, -0.15) is 5.26 Å². The van der Waals surface area contributed by atoms with E-state index in [1.54, 1.807) is 12.1 Å². The Morgan fingerprint density at radius 3 is 2.66 bits per heavy atom. The number of pyridine rings is 1. The molecule has 0 amide bonds. The maximum atomic E-state index is 13.3. The molecule has 0 fully saturated rings. The molecular formula is C22H18BrFN4S. The molecule has 146 valence electrons. The number of aryl methyl sites for hydroxylation is 2. The normalized spacial score (nSPS) is 11.0. The molecule has 0 aliphatic carbocycles. The number of anilines is 2. The SMILES string of the molecule is CCc1nc2c(C)cc(Br)cn2c1N(C)c1cc(-c2ccc(F)cc2)c(C#N)s1. The first kappa shape index (κ1) is 19.6. The van der Waals surface area contributed by atoms with Crippen molar-refractivity contribution >= 4 is 43.7 Å². The molecule has 0 saturated carbocycles. The molecule has 0 radical (unpaired) electrons. The van der Waals surface area contributed by atoms with Gasteiger partial charge in [-0.3, -0.25) is 4.40 Å². The largest absolute Gasteiger partial charge is 0.321 e. The Morgan fingerprint density at radius 1 is 1.28 bits per heavy atom. The summed E-state index contributed by atoms with van der Waals surface area (Å²) < 4.78 is 16.4. The van der Waals surface area contributed by atoms with Gasteiger partial charge in [0.15, 0.2) is 0 Å². The molecule has 4 aromatic rings. The number of benzene rings is 1. The van der Waals surface area contributed by atoms with Gasteiger partial charge in [0.1, 0.15) is 28.2 Å². The fourth-order valence-electron chi connectivity index (χ4n) is 3.47. The number of aromatic nitrogens is 2. The van der Waals surface area contributed by atoms with Crippen LogP contribution in [0.3, 0.4) is 0 Å². The summed E-state index contributed by atoms with van der Waals surface area (Å²) in [5.74, 6) is 0.683. The van der Waals surface area contributed by atoms with Gasteiger partial charge in [-0.15, -0.1) is 11.3 Å². The second-order valence-electron chi connectivity index (χ2n) is 6.78. The fraction of sp³-hybridized carbons (Fsp3) is 0.182. The van der Waals surface area contributed by atoms with E-state index in [0.29, 0.717) is 4.88 Å². The lowest BCUT2D eigenvalue weighted by atomic mass is 10.1. The van der Waals surface area contributed by atoms with Gasteiger partial charge < -0.3 is 4.90 Å². The summed E-state index contributed by atoms with van der Waals surface area (Å²) in [5, 5.41) is 10.6. The summed E-state index contributed by atoms with van der Waals surface area (Å²) in [7, 11) is 1.99. The molecule has 0 spiro atoms. The van der Waals surface area contributed by atoms with Crippen molar-refractivity contribution in [3.8, 4) is 17.2 Å². The highest BCUT2D eigenvalue weighted by molar-refractivity contribution is 9.10. The number of fused-ring (bicyclic) bond motifs is 1. The third-order valence-electron chi connectivity index (χ3n) is 4.87. The van der Waals surface area contributed by atoms with Gasteiger partial charge in [0.2, 0.25) is 0 Å². The van der Waals surface area contributed by atoms with Crippen molar-refractivity contribution in [2.75, 3.05) is 11.9 Å². The third-order valence-corrected chi connectivity index (χ3v) is 6.42. The number of halogens is 2. The van der Waals surface area contributed by atoms with Gasteiger partial charge in [0, 0.05) is 23.3 Å². The van der Waals surface area contributed by atoms with E-state index in [4.69, 9.17) is 4.98 Å². The van der Waals surface area contributed by atoms with Crippen LogP contribution < -0.4 is 4.90 Å². The van der Waals surface area contributed by atoms with E-state index >= 15 is 0 Å². The summed E-state index contributed by atoms with van der Waals surface area (Å²) in [6, 6.07) is 12.6.